The predicted octanol–water partition coefficient (Wildman–Crippen LogP) is 3.84. The molecule has 0 atom stereocenters. The summed E-state index contributed by atoms with van der Waals surface area (Å²) in [5.74, 6) is 1.09. The van der Waals surface area contributed by atoms with Crippen molar-refractivity contribution in [2.75, 3.05) is 5.73 Å². The second-order valence-electron chi connectivity index (χ2n) is 5.39. The van der Waals surface area contributed by atoms with Gasteiger partial charge in [-0.2, -0.15) is 4.98 Å². The molecule has 4 aromatic rings. The van der Waals surface area contributed by atoms with Crippen LogP contribution >= 0.6 is 0 Å². The van der Waals surface area contributed by atoms with Gasteiger partial charge in [0.2, 0.25) is 11.7 Å². The van der Waals surface area contributed by atoms with Gasteiger partial charge in [-0.3, -0.25) is 4.98 Å². The lowest BCUT2D eigenvalue weighted by atomic mass is 10.0. The molecule has 112 valence electrons. The van der Waals surface area contributed by atoms with Crippen LogP contribution in [0, 0.1) is 6.92 Å². The van der Waals surface area contributed by atoms with E-state index in [9.17, 15) is 0 Å². The summed E-state index contributed by atoms with van der Waals surface area (Å²) in [6.45, 7) is 1.77. The Kier molecular flexibility index (Phi) is 3.05. The summed E-state index contributed by atoms with van der Waals surface area (Å²) in [7, 11) is 0. The number of hydrogen-bond donors (Lipinski definition) is 1. The average Bonchev–Trinajstić information content (AvgIpc) is 3.01. The first-order valence-corrected chi connectivity index (χ1v) is 7.25. The summed E-state index contributed by atoms with van der Waals surface area (Å²) < 4.78 is 5.03. The Balaban J connectivity index is 1.82. The van der Waals surface area contributed by atoms with E-state index in [1.54, 1.807) is 13.1 Å². The zero-order valence-electron chi connectivity index (χ0n) is 12.5. The number of nitrogen functional groups attached to an aromatic ring is 1. The molecule has 0 saturated heterocycles. The maximum absolute atomic E-state index is 5.75. The van der Waals surface area contributed by atoms with Crippen LogP contribution in [0.2, 0.25) is 0 Å². The van der Waals surface area contributed by atoms with E-state index >= 15 is 0 Å². The molecule has 0 saturated carbocycles. The monoisotopic (exact) mass is 302 g/mol. The van der Waals surface area contributed by atoms with Gasteiger partial charge in [-0.05, 0) is 41.5 Å². The number of nitrogens with two attached hydrogens (primary N) is 1. The molecule has 5 nitrogen and oxygen atoms in total. The third-order valence-corrected chi connectivity index (χ3v) is 3.71. The number of rotatable bonds is 2. The summed E-state index contributed by atoms with van der Waals surface area (Å²) in [5.41, 5.74) is 10.5. The van der Waals surface area contributed by atoms with Crippen molar-refractivity contribution in [3.63, 3.8) is 0 Å². The maximum atomic E-state index is 5.75. The summed E-state index contributed by atoms with van der Waals surface area (Å²) in [6.07, 6.45) is 1.76. The number of pyridine rings is 1. The lowest BCUT2D eigenvalue weighted by Crippen LogP contribution is -1.87. The van der Waals surface area contributed by atoms with Crippen LogP contribution in [0.5, 0.6) is 0 Å². The highest BCUT2D eigenvalue weighted by molar-refractivity contribution is 5.87. The van der Waals surface area contributed by atoms with Crippen molar-refractivity contribution >= 4 is 16.6 Å². The van der Waals surface area contributed by atoms with Gasteiger partial charge in [0.05, 0.1) is 5.52 Å². The lowest BCUT2D eigenvalue weighted by Gasteiger charge is -2.05. The molecule has 0 bridgehead atoms. The first-order chi connectivity index (χ1) is 11.2. The predicted molar refractivity (Wildman–Crippen MR) is 89.6 cm³/mol. The van der Waals surface area contributed by atoms with Gasteiger partial charge in [-0.25, -0.2) is 0 Å². The van der Waals surface area contributed by atoms with Crippen molar-refractivity contribution in [3.05, 3.63) is 60.6 Å². The number of aromatic nitrogens is 3. The van der Waals surface area contributed by atoms with Crippen molar-refractivity contribution in [1.29, 1.82) is 0 Å². The van der Waals surface area contributed by atoms with Crippen molar-refractivity contribution in [2.45, 2.75) is 6.92 Å². The van der Waals surface area contributed by atoms with E-state index in [0.717, 1.165) is 33.3 Å². The molecular weight excluding hydrogens is 288 g/mol. The molecule has 2 aromatic heterocycles. The Morgan fingerprint density at radius 1 is 0.913 bits per heavy atom. The number of benzene rings is 2. The molecular formula is C18H14N4O. The zero-order chi connectivity index (χ0) is 15.8. The quantitative estimate of drug-likeness (QED) is 0.569. The third kappa shape index (κ3) is 2.53. The van der Waals surface area contributed by atoms with E-state index in [1.807, 2.05) is 36.4 Å². The van der Waals surface area contributed by atoms with Crippen LogP contribution in [0.4, 0.5) is 5.69 Å². The minimum Gasteiger partial charge on any atom is -0.399 e. The molecule has 0 fully saturated rings. The fourth-order valence-electron chi connectivity index (χ4n) is 2.53. The largest absolute Gasteiger partial charge is 0.399 e. The van der Waals surface area contributed by atoms with Gasteiger partial charge in [0.1, 0.15) is 0 Å². The molecule has 0 aliphatic heterocycles. The standard InChI is InChI=1S/C18H14N4O/c1-11-21-18(22-23-11)15-9-14-8-13(4-7-17(14)20-10-15)12-2-5-16(19)6-3-12/h2-10H,19H2,1H3. The molecule has 0 aliphatic carbocycles. The molecule has 0 spiro atoms. The topological polar surface area (TPSA) is 77.8 Å². The van der Waals surface area contributed by atoms with Crippen molar-refractivity contribution < 1.29 is 4.52 Å². The molecule has 0 radical (unpaired) electrons. The van der Waals surface area contributed by atoms with Crippen LogP contribution in [-0.4, -0.2) is 15.1 Å². The van der Waals surface area contributed by atoms with Gasteiger partial charge in [-0.15, -0.1) is 0 Å². The van der Waals surface area contributed by atoms with E-state index in [0.29, 0.717) is 11.7 Å². The summed E-state index contributed by atoms with van der Waals surface area (Å²) in [5, 5.41) is 4.97. The minimum absolute atomic E-state index is 0.538. The fraction of sp³-hybridized carbons (Fsp3) is 0.0556. The summed E-state index contributed by atoms with van der Waals surface area (Å²) >= 11 is 0. The number of hydrogen-bond acceptors (Lipinski definition) is 5. The van der Waals surface area contributed by atoms with Crippen LogP contribution < -0.4 is 5.73 Å². The Bertz CT molecular complexity index is 990. The maximum Gasteiger partial charge on any atom is 0.223 e. The van der Waals surface area contributed by atoms with Gasteiger partial charge in [0, 0.05) is 29.8 Å². The van der Waals surface area contributed by atoms with Gasteiger partial charge >= 0.3 is 0 Å². The van der Waals surface area contributed by atoms with Gasteiger partial charge in [-0.1, -0.05) is 23.4 Å². The van der Waals surface area contributed by atoms with Crippen LogP contribution in [-0.2, 0) is 0 Å². The van der Waals surface area contributed by atoms with E-state index < -0.39 is 0 Å². The number of anilines is 1. The van der Waals surface area contributed by atoms with Gasteiger partial charge in [0.25, 0.3) is 0 Å². The first-order valence-electron chi connectivity index (χ1n) is 7.25. The SMILES string of the molecule is Cc1nc(-c2cnc3ccc(-c4ccc(N)cc4)cc3c2)no1. The normalized spacial score (nSPS) is 11.0. The number of nitrogens with zero attached hydrogens (tertiary/aromatic N) is 3. The minimum atomic E-state index is 0.538. The summed E-state index contributed by atoms with van der Waals surface area (Å²) in [4.78, 5) is 8.72. The molecule has 2 N–H and O–H groups in total. The third-order valence-electron chi connectivity index (χ3n) is 3.71. The lowest BCUT2D eigenvalue weighted by molar-refractivity contribution is 0.394. The van der Waals surface area contributed by atoms with Gasteiger partial charge < -0.3 is 10.3 Å². The van der Waals surface area contributed by atoms with E-state index in [4.69, 9.17) is 10.3 Å². The van der Waals surface area contributed by atoms with Crippen LogP contribution in [0.1, 0.15) is 5.89 Å². The molecule has 0 aliphatic rings. The summed E-state index contributed by atoms with van der Waals surface area (Å²) in [6, 6.07) is 16.0. The van der Waals surface area contributed by atoms with Crippen LogP contribution in [0.15, 0.2) is 59.3 Å². The highest BCUT2D eigenvalue weighted by atomic mass is 16.5. The smallest absolute Gasteiger partial charge is 0.223 e. The van der Waals surface area contributed by atoms with Crippen molar-refractivity contribution in [1.82, 2.24) is 15.1 Å². The molecule has 2 aromatic carbocycles. The molecule has 4 rings (SSSR count). The number of fused-ring (bicyclic) bond motifs is 1. The fourth-order valence-corrected chi connectivity index (χ4v) is 2.53. The second-order valence-corrected chi connectivity index (χ2v) is 5.39. The second kappa shape index (κ2) is 5.21. The zero-order valence-corrected chi connectivity index (χ0v) is 12.5. The van der Waals surface area contributed by atoms with Gasteiger partial charge in [0.15, 0.2) is 0 Å². The Labute approximate surface area is 132 Å². The van der Waals surface area contributed by atoms with Crippen molar-refractivity contribution in [2.24, 2.45) is 0 Å². The Hall–Kier alpha value is -3.21. The Morgan fingerprint density at radius 2 is 1.65 bits per heavy atom. The molecule has 2 heterocycles. The average molecular weight is 302 g/mol. The highest BCUT2D eigenvalue weighted by Crippen LogP contribution is 2.26. The number of aryl methyl sites for hydroxylation is 1. The van der Waals surface area contributed by atoms with Crippen LogP contribution in [0.25, 0.3) is 33.4 Å². The van der Waals surface area contributed by atoms with Crippen molar-refractivity contribution in [3.8, 4) is 22.5 Å². The van der Waals surface area contributed by atoms with E-state index in [-0.39, 0.29) is 0 Å². The van der Waals surface area contributed by atoms with E-state index in [1.165, 1.54) is 0 Å². The highest BCUT2D eigenvalue weighted by Gasteiger charge is 2.08. The van der Waals surface area contributed by atoms with Crippen LogP contribution in [0.3, 0.4) is 0 Å². The molecule has 23 heavy (non-hydrogen) atoms. The Morgan fingerprint density at radius 3 is 2.39 bits per heavy atom. The molecule has 0 amide bonds. The first kappa shape index (κ1) is 13.5. The molecule has 5 heteroatoms. The molecule has 0 unspecified atom stereocenters. The van der Waals surface area contributed by atoms with E-state index in [2.05, 4.69) is 27.3 Å².